The predicted octanol–water partition coefficient (Wildman–Crippen LogP) is 2.79. The van der Waals surface area contributed by atoms with Crippen LogP contribution in [-0.2, 0) is 11.2 Å². The number of hydrogen-bond acceptors (Lipinski definition) is 3. The summed E-state index contributed by atoms with van der Waals surface area (Å²) in [5.74, 6) is 2.90. The lowest BCUT2D eigenvalue weighted by Crippen LogP contribution is -2.26. The van der Waals surface area contributed by atoms with Gasteiger partial charge in [0.15, 0.2) is 5.78 Å². The molecule has 1 atom stereocenters. The zero-order chi connectivity index (χ0) is 11.4. The Kier molecular flexibility index (Phi) is 4.29. The predicted molar refractivity (Wildman–Crippen MR) is 68.7 cm³/mol. The van der Waals surface area contributed by atoms with Gasteiger partial charge in [-0.2, -0.15) is 11.8 Å². The first kappa shape index (κ1) is 12.0. The van der Waals surface area contributed by atoms with E-state index >= 15 is 0 Å². The molecule has 1 aliphatic heterocycles. The summed E-state index contributed by atoms with van der Waals surface area (Å²) in [5.41, 5.74) is 0.517. The van der Waals surface area contributed by atoms with E-state index in [2.05, 4.69) is 0 Å². The summed E-state index contributed by atoms with van der Waals surface area (Å²) in [7, 11) is 0. The van der Waals surface area contributed by atoms with E-state index in [1.54, 1.807) is 30.0 Å². The first-order valence-electron chi connectivity index (χ1n) is 5.23. The monoisotopic (exact) mass is 256 g/mol. The van der Waals surface area contributed by atoms with Crippen molar-refractivity contribution in [1.82, 2.24) is 0 Å². The van der Waals surface area contributed by atoms with E-state index in [0.29, 0.717) is 5.56 Å². The number of hydrogen-bond donors (Lipinski definition) is 0. The summed E-state index contributed by atoms with van der Waals surface area (Å²) in [4.78, 5) is 11.9. The molecule has 0 aliphatic carbocycles. The fourth-order valence-corrected chi connectivity index (χ4v) is 4.27. The van der Waals surface area contributed by atoms with Gasteiger partial charge in [0.2, 0.25) is 0 Å². The number of ketones is 1. The maximum absolute atomic E-state index is 13.4. The van der Waals surface area contributed by atoms with Gasteiger partial charge in [-0.15, -0.1) is 11.8 Å². The third-order valence-corrected chi connectivity index (χ3v) is 5.30. The first-order valence-corrected chi connectivity index (χ1v) is 7.43. The Bertz CT molecular complexity index is 375. The van der Waals surface area contributed by atoms with Gasteiger partial charge in [-0.05, 0) is 11.6 Å². The molecule has 4 heteroatoms. The van der Waals surface area contributed by atoms with E-state index in [4.69, 9.17) is 0 Å². The largest absolute Gasteiger partial charge is 0.298 e. The van der Waals surface area contributed by atoms with Crippen molar-refractivity contribution in [3.8, 4) is 0 Å². The molecule has 0 saturated carbocycles. The van der Waals surface area contributed by atoms with Gasteiger partial charge in [0.25, 0.3) is 0 Å². The van der Waals surface area contributed by atoms with Crippen LogP contribution in [0.15, 0.2) is 24.3 Å². The maximum atomic E-state index is 13.4. The van der Waals surface area contributed by atoms with Crippen molar-refractivity contribution in [2.24, 2.45) is 0 Å². The molecule has 0 bridgehead atoms. The van der Waals surface area contributed by atoms with Crippen molar-refractivity contribution in [3.05, 3.63) is 35.6 Å². The minimum atomic E-state index is -0.274. The highest BCUT2D eigenvalue weighted by molar-refractivity contribution is 8.07. The van der Waals surface area contributed by atoms with E-state index in [-0.39, 0.29) is 23.3 Å². The zero-order valence-corrected chi connectivity index (χ0v) is 10.5. The number of halogens is 1. The molecule has 1 fully saturated rings. The van der Waals surface area contributed by atoms with Crippen molar-refractivity contribution >= 4 is 29.3 Å². The standard InChI is InChI=1S/C12H13FOS2/c13-10-4-2-1-3-9(10)7-11(14)12-8-15-5-6-16-12/h1-4,12H,5-8H2. The summed E-state index contributed by atoms with van der Waals surface area (Å²) in [6.45, 7) is 0. The van der Waals surface area contributed by atoms with Crippen molar-refractivity contribution in [1.29, 1.82) is 0 Å². The molecular weight excluding hydrogens is 243 g/mol. The van der Waals surface area contributed by atoms with Crippen LogP contribution in [0.4, 0.5) is 4.39 Å². The van der Waals surface area contributed by atoms with Gasteiger partial charge in [-0.3, -0.25) is 4.79 Å². The summed E-state index contributed by atoms with van der Waals surface area (Å²) in [6.07, 6.45) is 0.227. The van der Waals surface area contributed by atoms with Crippen molar-refractivity contribution in [2.45, 2.75) is 11.7 Å². The number of rotatable bonds is 3. The molecule has 86 valence electrons. The van der Waals surface area contributed by atoms with Crippen molar-refractivity contribution in [3.63, 3.8) is 0 Å². The third-order valence-electron chi connectivity index (χ3n) is 2.50. The van der Waals surface area contributed by atoms with E-state index < -0.39 is 0 Å². The molecule has 1 saturated heterocycles. The van der Waals surface area contributed by atoms with Crippen LogP contribution in [0.2, 0.25) is 0 Å². The van der Waals surface area contributed by atoms with E-state index in [9.17, 15) is 9.18 Å². The average molecular weight is 256 g/mol. The van der Waals surface area contributed by atoms with Crippen LogP contribution in [0.3, 0.4) is 0 Å². The Hall–Kier alpha value is -0.480. The number of benzene rings is 1. The molecule has 1 unspecified atom stereocenters. The highest BCUT2D eigenvalue weighted by Gasteiger charge is 2.22. The summed E-state index contributed by atoms with van der Waals surface area (Å²) in [6, 6.07) is 6.52. The number of carbonyl (C=O) groups excluding carboxylic acids is 1. The normalized spacial score (nSPS) is 20.7. The Balaban J connectivity index is 1.99. The highest BCUT2D eigenvalue weighted by atomic mass is 32.2. The fraction of sp³-hybridized carbons (Fsp3) is 0.417. The molecule has 0 N–H and O–H groups in total. The lowest BCUT2D eigenvalue weighted by molar-refractivity contribution is -0.117. The van der Waals surface area contributed by atoms with Crippen LogP contribution >= 0.6 is 23.5 Å². The van der Waals surface area contributed by atoms with Gasteiger partial charge in [0, 0.05) is 23.7 Å². The molecule has 16 heavy (non-hydrogen) atoms. The molecule has 0 radical (unpaired) electrons. The van der Waals surface area contributed by atoms with Crippen LogP contribution in [0.25, 0.3) is 0 Å². The topological polar surface area (TPSA) is 17.1 Å². The zero-order valence-electron chi connectivity index (χ0n) is 8.82. The Morgan fingerprint density at radius 3 is 2.88 bits per heavy atom. The third kappa shape index (κ3) is 3.01. The molecule has 1 aromatic rings. The molecule has 0 spiro atoms. The second-order valence-electron chi connectivity index (χ2n) is 3.67. The number of carbonyl (C=O) groups is 1. The lowest BCUT2D eigenvalue weighted by Gasteiger charge is -2.19. The van der Waals surface area contributed by atoms with Gasteiger partial charge in [-0.1, -0.05) is 18.2 Å². The van der Waals surface area contributed by atoms with Gasteiger partial charge < -0.3 is 0 Å². The van der Waals surface area contributed by atoms with Gasteiger partial charge in [-0.25, -0.2) is 4.39 Å². The smallest absolute Gasteiger partial charge is 0.151 e. The summed E-state index contributed by atoms with van der Waals surface area (Å²) < 4.78 is 13.4. The Labute approximate surface area is 103 Å². The summed E-state index contributed by atoms with van der Waals surface area (Å²) >= 11 is 3.51. The minimum absolute atomic E-state index is 0.0540. The van der Waals surface area contributed by atoms with Crippen molar-refractivity contribution in [2.75, 3.05) is 17.3 Å². The summed E-state index contributed by atoms with van der Waals surface area (Å²) in [5, 5.41) is 0.0540. The first-order chi connectivity index (χ1) is 7.77. The molecular formula is C12H13FOS2. The SMILES string of the molecule is O=C(Cc1ccccc1F)C1CSCCS1. The van der Waals surface area contributed by atoms with Crippen LogP contribution in [0, 0.1) is 5.82 Å². The van der Waals surface area contributed by atoms with Gasteiger partial charge in [0.1, 0.15) is 5.82 Å². The molecule has 1 aliphatic rings. The van der Waals surface area contributed by atoms with Crippen LogP contribution in [0.1, 0.15) is 5.56 Å². The minimum Gasteiger partial charge on any atom is -0.298 e. The molecule has 1 heterocycles. The van der Waals surface area contributed by atoms with Crippen LogP contribution in [0.5, 0.6) is 0 Å². The van der Waals surface area contributed by atoms with Gasteiger partial charge >= 0.3 is 0 Å². The molecule has 1 aromatic carbocycles. The maximum Gasteiger partial charge on any atom is 0.151 e. The van der Waals surface area contributed by atoms with Gasteiger partial charge in [0.05, 0.1) is 5.25 Å². The highest BCUT2D eigenvalue weighted by Crippen LogP contribution is 2.25. The van der Waals surface area contributed by atoms with E-state index in [1.165, 1.54) is 6.07 Å². The second kappa shape index (κ2) is 5.73. The average Bonchev–Trinajstić information content (AvgIpc) is 2.33. The fourth-order valence-electron chi connectivity index (χ4n) is 1.62. The molecule has 0 amide bonds. The lowest BCUT2D eigenvalue weighted by atomic mass is 10.1. The molecule has 1 nitrogen and oxygen atoms in total. The molecule has 2 rings (SSSR count). The number of Topliss-reactive ketones (excluding diaryl/α,β-unsaturated/α-hetero) is 1. The Morgan fingerprint density at radius 2 is 2.19 bits per heavy atom. The van der Waals surface area contributed by atoms with E-state index in [0.717, 1.165) is 17.3 Å². The molecule has 0 aromatic heterocycles. The van der Waals surface area contributed by atoms with Crippen LogP contribution in [-0.4, -0.2) is 28.3 Å². The quantitative estimate of drug-likeness (QED) is 0.828. The van der Waals surface area contributed by atoms with Crippen LogP contribution < -0.4 is 0 Å². The Morgan fingerprint density at radius 1 is 1.38 bits per heavy atom. The number of thioether (sulfide) groups is 2. The van der Waals surface area contributed by atoms with Crippen molar-refractivity contribution < 1.29 is 9.18 Å². The second-order valence-corrected chi connectivity index (χ2v) is 6.13. The van der Waals surface area contributed by atoms with E-state index in [1.807, 2.05) is 11.8 Å².